The monoisotopic (exact) mass is 448 g/mol. The van der Waals surface area contributed by atoms with Crippen LogP contribution in [0.1, 0.15) is 24.2 Å². The van der Waals surface area contributed by atoms with Crippen LogP contribution in [0.2, 0.25) is 5.02 Å². The molecule has 0 aliphatic rings. The van der Waals surface area contributed by atoms with Crippen molar-refractivity contribution in [2.24, 2.45) is 0 Å². The molecule has 3 rings (SSSR count). The third-order valence-electron chi connectivity index (χ3n) is 3.77. The second kappa shape index (κ2) is 8.10. The van der Waals surface area contributed by atoms with Crippen LogP contribution in [0.15, 0.2) is 41.0 Å². The Balaban J connectivity index is 1.86. The Labute approximate surface area is 170 Å². The average molecular weight is 450 g/mol. The van der Waals surface area contributed by atoms with E-state index in [0.29, 0.717) is 37.7 Å². The van der Waals surface area contributed by atoms with Crippen molar-refractivity contribution < 1.29 is 9.53 Å². The standard InChI is InChI=1S/C19H18BrClN4O2/c1-10(2)23-18(26)11-4-6-12(7-5-11)24-19-22-9-13-16(21)14(20)8-15(27-3)17(13)25-19/h4-10H,1-3H3,(H,23,26)(H,22,24,25). The van der Waals surface area contributed by atoms with Gasteiger partial charge in [-0.2, -0.15) is 0 Å². The fourth-order valence-corrected chi connectivity index (χ4v) is 3.12. The molecule has 27 heavy (non-hydrogen) atoms. The van der Waals surface area contributed by atoms with Gasteiger partial charge in [0.05, 0.1) is 12.1 Å². The molecule has 0 aliphatic carbocycles. The number of methoxy groups -OCH3 is 1. The number of hydrogen-bond donors (Lipinski definition) is 2. The largest absolute Gasteiger partial charge is 0.494 e. The highest BCUT2D eigenvalue weighted by atomic mass is 79.9. The molecule has 2 aromatic carbocycles. The van der Waals surface area contributed by atoms with Gasteiger partial charge in [-0.15, -0.1) is 0 Å². The van der Waals surface area contributed by atoms with Gasteiger partial charge >= 0.3 is 0 Å². The van der Waals surface area contributed by atoms with Crippen molar-refractivity contribution in [2.45, 2.75) is 19.9 Å². The summed E-state index contributed by atoms with van der Waals surface area (Å²) < 4.78 is 6.11. The molecule has 8 heteroatoms. The highest BCUT2D eigenvalue weighted by Gasteiger charge is 2.13. The zero-order chi connectivity index (χ0) is 19.6. The number of carbonyl (C=O) groups is 1. The number of carbonyl (C=O) groups excluding carboxylic acids is 1. The van der Waals surface area contributed by atoms with Gasteiger partial charge in [0.1, 0.15) is 11.3 Å². The van der Waals surface area contributed by atoms with Gasteiger partial charge < -0.3 is 15.4 Å². The lowest BCUT2D eigenvalue weighted by Gasteiger charge is -2.11. The van der Waals surface area contributed by atoms with Crippen LogP contribution in [-0.4, -0.2) is 29.0 Å². The fraction of sp³-hybridized carbons (Fsp3) is 0.211. The molecule has 1 aromatic heterocycles. The lowest BCUT2D eigenvalue weighted by molar-refractivity contribution is 0.0943. The molecule has 0 saturated heterocycles. The zero-order valence-corrected chi connectivity index (χ0v) is 17.4. The smallest absolute Gasteiger partial charge is 0.251 e. The van der Waals surface area contributed by atoms with Crippen LogP contribution in [-0.2, 0) is 0 Å². The molecular weight excluding hydrogens is 432 g/mol. The number of hydrogen-bond acceptors (Lipinski definition) is 5. The molecule has 0 spiro atoms. The van der Waals surface area contributed by atoms with E-state index in [-0.39, 0.29) is 11.9 Å². The number of amides is 1. The summed E-state index contributed by atoms with van der Waals surface area (Å²) in [6.07, 6.45) is 1.64. The summed E-state index contributed by atoms with van der Waals surface area (Å²) in [5.41, 5.74) is 1.96. The van der Waals surface area contributed by atoms with Crippen molar-refractivity contribution in [3.8, 4) is 5.75 Å². The van der Waals surface area contributed by atoms with Crippen molar-refractivity contribution in [3.05, 3.63) is 51.6 Å². The molecule has 2 N–H and O–H groups in total. The number of anilines is 2. The Morgan fingerprint density at radius 1 is 1.26 bits per heavy atom. The Morgan fingerprint density at radius 2 is 1.96 bits per heavy atom. The summed E-state index contributed by atoms with van der Waals surface area (Å²) >= 11 is 9.71. The molecule has 1 amide bonds. The summed E-state index contributed by atoms with van der Waals surface area (Å²) in [5.74, 6) is 0.884. The lowest BCUT2D eigenvalue weighted by Crippen LogP contribution is -2.29. The second-order valence-corrected chi connectivity index (χ2v) is 7.39. The van der Waals surface area contributed by atoms with Gasteiger partial charge in [0.25, 0.3) is 5.91 Å². The first-order valence-electron chi connectivity index (χ1n) is 8.25. The van der Waals surface area contributed by atoms with Gasteiger partial charge in [0.15, 0.2) is 0 Å². The maximum atomic E-state index is 12.0. The summed E-state index contributed by atoms with van der Waals surface area (Å²) in [4.78, 5) is 20.8. The minimum absolute atomic E-state index is 0.0862. The molecule has 0 saturated carbocycles. The molecule has 6 nitrogen and oxygen atoms in total. The molecular formula is C19H18BrClN4O2. The van der Waals surface area contributed by atoms with E-state index in [1.807, 2.05) is 13.8 Å². The zero-order valence-electron chi connectivity index (χ0n) is 15.0. The first-order chi connectivity index (χ1) is 12.9. The van der Waals surface area contributed by atoms with Crippen LogP contribution in [0.5, 0.6) is 5.75 Å². The normalized spacial score (nSPS) is 10.9. The van der Waals surface area contributed by atoms with Crippen LogP contribution < -0.4 is 15.4 Å². The highest BCUT2D eigenvalue weighted by Crippen LogP contribution is 2.36. The van der Waals surface area contributed by atoms with E-state index < -0.39 is 0 Å². The predicted molar refractivity (Wildman–Crippen MR) is 111 cm³/mol. The predicted octanol–water partition coefficient (Wildman–Crippen LogP) is 4.94. The molecule has 0 bridgehead atoms. The first kappa shape index (κ1) is 19.4. The molecule has 0 unspecified atom stereocenters. The number of nitrogens with one attached hydrogen (secondary N) is 2. The van der Waals surface area contributed by atoms with E-state index in [9.17, 15) is 4.79 Å². The van der Waals surface area contributed by atoms with E-state index >= 15 is 0 Å². The summed E-state index contributed by atoms with van der Waals surface area (Å²) in [5, 5.41) is 7.20. The van der Waals surface area contributed by atoms with Crippen molar-refractivity contribution in [2.75, 3.05) is 12.4 Å². The number of halogens is 2. The van der Waals surface area contributed by atoms with Crippen molar-refractivity contribution >= 4 is 56.0 Å². The second-order valence-electron chi connectivity index (χ2n) is 6.16. The van der Waals surface area contributed by atoms with Gasteiger partial charge in [0, 0.05) is 33.3 Å². The Bertz CT molecular complexity index is 993. The van der Waals surface area contributed by atoms with E-state index in [1.54, 1.807) is 43.6 Å². The van der Waals surface area contributed by atoms with E-state index in [0.717, 1.165) is 5.69 Å². The number of nitrogens with zero attached hydrogens (tertiary/aromatic N) is 2. The number of aromatic nitrogens is 2. The molecule has 0 fully saturated rings. The van der Waals surface area contributed by atoms with Crippen molar-refractivity contribution in [1.82, 2.24) is 15.3 Å². The summed E-state index contributed by atoms with van der Waals surface area (Å²) in [6, 6.07) is 8.95. The minimum atomic E-state index is -0.108. The van der Waals surface area contributed by atoms with Gasteiger partial charge in [-0.3, -0.25) is 4.79 Å². The Morgan fingerprint density at radius 3 is 2.59 bits per heavy atom. The molecule has 0 atom stereocenters. The maximum Gasteiger partial charge on any atom is 0.251 e. The van der Waals surface area contributed by atoms with Crippen LogP contribution in [0, 0.1) is 0 Å². The third-order valence-corrected chi connectivity index (χ3v) is 5.03. The Kier molecular flexibility index (Phi) is 5.82. The van der Waals surface area contributed by atoms with Crippen LogP contribution >= 0.6 is 27.5 Å². The van der Waals surface area contributed by atoms with E-state index in [1.165, 1.54) is 0 Å². The number of fused-ring (bicyclic) bond motifs is 1. The van der Waals surface area contributed by atoms with Gasteiger partial charge in [-0.05, 0) is 60.1 Å². The topological polar surface area (TPSA) is 76.1 Å². The molecule has 3 aromatic rings. The molecule has 0 aliphatic heterocycles. The quantitative estimate of drug-likeness (QED) is 0.577. The molecule has 140 valence electrons. The summed E-state index contributed by atoms with van der Waals surface area (Å²) in [7, 11) is 1.57. The number of rotatable bonds is 5. The SMILES string of the molecule is COc1cc(Br)c(Cl)c2cnc(Nc3ccc(C(=O)NC(C)C)cc3)nc12. The average Bonchev–Trinajstić information content (AvgIpc) is 2.64. The highest BCUT2D eigenvalue weighted by molar-refractivity contribution is 9.10. The van der Waals surface area contributed by atoms with Gasteiger partial charge in [-0.25, -0.2) is 9.97 Å². The Hall–Kier alpha value is -2.38. The lowest BCUT2D eigenvalue weighted by atomic mass is 10.2. The van der Waals surface area contributed by atoms with Gasteiger partial charge in [-0.1, -0.05) is 11.6 Å². The third kappa shape index (κ3) is 4.31. The molecule has 0 radical (unpaired) electrons. The van der Waals surface area contributed by atoms with Gasteiger partial charge in [0.2, 0.25) is 5.95 Å². The van der Waals surface area contributed by atoms with Crippen molar-refractivity contribution in [3.63, 3.8) is 0 Å². The van der Waals surface area contributed by atoms with Crippen molar-refractivity contribution in [1.29, 1.82) is 0 Å². The summed E-state index contributed by atoms with van der Waals surface area (Å²) in [6.45, 7) is 3.84. The van der Waals surface area contributed by atoms with E-state index in [4.69, 9.17) is 16.3 Å². The van der Waals surface area contributed by atoms with Crippen LogP contribution in [0.3, 0.4) is 0 Å². The molecule has 1 heterocycles. The minimum Gasteiger partial charge on any atom is -0.494 e. The maximum absolute atomic E-state index is 12.0. The van der Waals surface area contributed by atoms with Crippen LogP contribution in [0.4, 0.5) is 11.6 Å². The number of benzene rings is 2. The number of ether oxygens (including phenoxy) is 1. The first-order valence-corrected chi connectivity index (χ1v) is 9.43. The van der Waals surface area contributed by atoms with E-state index in [2.05, 4.69) is 36.5 Å². The fourth-order valence-electron chi connectivity index (χ4n) is 2.50. The van der Waals surface area contributed by atoms with Crippen LogP contribution in [0.25, 0.3) is 10.9 Å².